The standard InChI is InChI=1S/C21H32O2/c1-13-10-14-11-15(23)4-5-16(14)17-6-9-21(3)18(19(13)17)7-8-20(21,2)12-22/h11,13,16-19,22H,4-10,12H2,1-3H3/t13-,16+,17-,18-,19-,20+,21+/m1/s1. The van der Waals surface area contributed by atoms with Crippen LogP contribution in [-0.2, 0) is 4.79 Å². The first-order valence-electron chi connectivity index (χ1n) is 9.74. The van der Waals surface area contributed by atoms with Crippen molar-refractivity contribution < 1.29 is 9.90 Å². The zero-order valence-corrected chi connectivity index (χ0v) is 15.0. The van der Waals surface area contributed by atoms with Gasteiger partial charge in [0.15, 0.2) is 5.78 Å². The van der Waals surface area contributed by atoms with Gasteiger partial charge in [-0.05, 0) is 85.0 Å². The SMILES string of the molecule is C[C@@H]1CC2=CC(=O)CC[C@@H]2[C@H]2CC[C@@]3(C)[C@H](CC[C@@]3(C)CO)[C@@H]21. The van der Waals surface area contributed by atoms with Gasteiger partial charge in [-0.25, -0.2) is 0 Å². The summed E-state index contributed by atoms with van der Waals surface area (Å²) in [5, 5.41) is 10.1. The molecule has 0 bridgehead atoms. The highest BCUT2D eigenvalue weighted by atomic mass is 16.3. The minimum Gasteiger partial charge on any atom is -0.396 e. The fourth-order valence-electron chi connectivity index (χ4n) is 7.21. The molecule has 0 aromatic carbocycles. The maximum Gasteiger partial charge on any atom is 0.155 e. The van der Waals surface area contributed by atoms with E-state index in [1.165, 1.54) is 31.3 Å². The summed E-state index contributed by atoms with van der Waals surface area (Å²) in [6, 6.07) is 0. The van der Waals surface area contributed by atoms with Gasteiger partial charge in [-0.2, -0.15) is 0 Å². The third kappa shape index (κ3) is 2.06. The van der Waals surface area contributed by atoms with Crippen molar-refractivity contribution in [2.75, 3.05) is 6.61 Å². The highest BCUT2D eigenvalue weighted by Crippen LogP contribution is 2.68. The number of hydrogen-bond donors (Lipinski definition) is 1. The van der Waals surface area contributed by atoms with E-state index in [9.17, 15) is 9.90 Å². The van der Waals surface area contributed by atoms with Crippen LogP contribution in [0.2, 0.25) is 0 Å². The number of aliphatic hydroxyl groups excluding tert-OH is 1. The van der Waals surface area contributed by atoms with Crippen LogP contribution in [-0.4, -0.2) is 17.5 Å². The van der Waals surface area contributed by atoms with Crippen LogP contribution in [0.3, 0.4) is 0 Å². The van der Waals surface area contributed by atoms with Crippen molar-refractivity contribution in [1.82, 2.24) is 0 Å². The van der Waals surface area contributed by atoms with Gasteiger partial charge >= 0.3 is 0 Å². The molecule has 128 valence electrons. The van der Waals surface area contributed by atoms with Gasteiger partial charge < -0.3 is 5.11 Å². The molecule has 4 aliphatic rings. The number of rotatable bonds is 1. The third-order valence-electron chi connectivity index (χ3n) is 8.77. The molecule has 0 amide bonds. The van der Waals surface area contributed by atoms with Crippen LogP contribution in [0.1, 0.15) is 65.7 Å². The summed E-state index contributed by atoms with van der Waals surface area (Å²) in [5.74, 6) is 4.09. The van der Waals surface area contributed by atoms with E-state index in [-0.39, 0.29) is 5.41 Å². The lowest BCUT2D eigenvalue weighted by Gasteiger charge is -2.58. The number of carbonyl (C=O) groups is 1. The van der Waals surface area contributed by atoms with Gasteiger partial charge in [0.2, 0.25) is 0 Å². The lowest BCUT2D eigenvalue weighted by atomic mass is 9.47. The van der Waals surface area contributed by atoms with E-state index in [0.717, 1.165) is 37.0 Å². The fraction of sp³-hybridized carbons (Fsp3) is 0.857. The molecular formula is C21H32O2. The summed E-state index contributed by atoms with van der Waals surface area (Å²) in [7, 11) is 0. The molecule has 0 heterocycles. The predicted octanol–water partition coefficient (Wildman–Crippen LogP) is 4.37. The molecule has 4 rings (SSSR count). The Morgan fingerprint density at radius 3 is 2.74 bits per heavy atom. The van der Waals surface area contributed by atoms with Crippen molar-refractivity contribution in [3.63, 3.8) is 0 Å². The minimum atomic E-state index is 0.112. The van der Waals surface area contributed by atoms with Crippen LogP contribution in [0.15, 0.2) is 11.6 Å². The third-order valence-corrected chi connectivity index (χ3v) is 8.77. The number of fused-ring (bicyclic) bond motifs is 5. The summed E-state index contributed by atoms with van der Waals surface area (Å²) < 4.78 is 0. The normalized spacial score (nSPS) is 52.4. The first-order chi connectivity index (χ1) is 10.9. The molecule has 3 saturated carbocycles. The lowest BCUT2D eigenvalue weighted by molar-refractivity contribution is -0.117. The zero-order chi connectivity index (χ0) is 16.4. The van der Waals surface area contributed by atoms with E-state index >= 15 is 0 Å². The summed E-state index contributed by atoms with van der Waals surface area (Å²) >= 11 is 0. The van der Waals surface area contributed by atoms with Gasteiger partial charge in [0.1, 0.15) is 0 Å². The molecule has 23 heavy (non-hydrogen) atoms. The summed E-state index contributed by atoms with van der Waals surface area (Å²) in [4.78, 5) is 11.8. The average molecular weight is 316 g/mol. The van der Waals surface area contributed by atoms with Crippen LogP contribution in [0.25, 0.3) is 0 Å². The first kappa shape index (κ1) is 15.9. The molecule has 2 nitrogen and oxygen atoms in total. The average Bonchev–Trinajstić information content (AvgIpc) is 2.79. The summed E-state index contributed by atoms with van der Waals surface area (Å²) in [6.07, 6.45) is 10.0. The Hall–Kier alpha value is -0.630. The molecule has 0 unspecified atom stereocenters. The van der Waals surface area contributed by atoms with E-state index < -0.39 is 0 Å². The quantitative estimate of drug-likeness (QED) is 0.780. The molecule has 4 aliphatic carbocycles. The van der Waals surface area contributed by atoms with Crippen molar-refractivity contribution in [2.24, 2.45) is 40.4 Å². The van der Waals surface area contributed by atoms with Crippen LogP contribution >= 0.6 is 0 Å². The molecule has 2 heteroatoms. The molecule has 0 radical (unpaired) electrons. The molecule has 0 spiro atoms. The van der Waals surface area contributed by atoms with E-state index in [1.54, 1.807) is 0 Å². The molecule has 0 aliphatic heterocycles. The first-order valence-corrected chi connectivity index (χ1v) is 9.74. The Balaban J connectivity index is 1.68. The second-order valence-electron chi connectivity index (χ2n) is 9.57. The Kier molecular flexibility index (Phi) is 3.58. The molecular weight excluding hydrogens is 284 g/mol. The van der Waals surface area contributed by atoms with Crippen molar-refractivity contribution in [3.8, 4) is 0 Å². The Bertz CT molecular complexity index is 550. The van der Waals surface area contributed by atoms with E-state index in [4.69, 9.17) is 0 Å². The van der Waals surface area contributed by atoms with Crippen LogP contribution in [0, 0.1) is 40.4 Å². The van der Waals surface area contributed by atoms with Crippen LogP contribution < -0.4 is 0 Å². The highest BCUT2D eigenvalue weighted by Gasteiger charge is 2.61. The van der Waals surface area contributed by atoms with E-state index in [1.807, 2.05) is 6.08 Å². The van der Waals surface area contributed by atoms with Crippen LogP contribution in [0.5, 0.6) is 0 Å². The van der Waals surface area contributed by atoms with Crippen molar-refractivity contribution in [1.29, 1.82) is 0 Å². The van der Waals surface area contributed by atoms with Gasteiger partial charge in [-0.15, -0.1) is 0 Å². The fourth-order valence-corrected chi connectivity index (χ4v) is 7.21. The molecule has 3 fully saturated rings. The van der Waals surface area contributed by atoms with Gasteiger partial charge in [-0.1, -0.05) is 26.3 Å². The largest absolute Gasteiger partial charge is 0.396 e. The number of allylic oxidation sites excluding steroid dienone is 1. The number of aliphatic hydroxyl groups is 1. The van der Waals surface area contributed by atoms with Gasteiger partial charge in [0, 0.05) is 13.0 Å². The van der Waals surface area contributed by atoms with Crippen LogP contribution in [0.4, 0.5) is 0 Å². The number of carbonyl (C=O) groups excluding carboxylic acids is 1. The number of hydrogen-bond acceptors (Lipinski definition) is 2. The monoisotopic (exact) mass is 316 g/mol. The summed E-state index contributed by atoms with van der Waals surface area (Å²) in [5.41, 5.74) is 1.89. The second kappa shape index (κ2) is 5.18. The summed E-state index contributed by atoms with van der Waals surface area (Å²) in [6.45, 7) is 7.56. The maximum atomic E-state index is 11.8. The molecule has 1 N–H and O–H groups in total. The predicted molar refractivity (Wildman–Crippen MR) is 91.8 cm³/mol. The van der Waals surface area contributed by atoms with Gasteiger partial charge in [0.05, 0.1) is 0 Å². The molecule has 0 aromatic heterocycles. The van der Waals surface area contributed by atoms with E-state index in [2.05, 4.69) is 20.8 Å². The highest BCUT2D eigenvalue weighted by molar-refractivity contribution is 5.91. The number of ketones is 1. The Labute approximate surface area is 140 Å². The Morgan fingerprint density at radius 1 is 1.22 bits per heavy atom. The van der Waals surface area contributed by atoms with E-state index in [0.29, 0.717) is 29.6 Å². The second-order valence-corrected chi connectivity index (χ2v) is 9.57. The van der Waals surface area contributed by atoms with Gasteiger partial charge in [-0.3, -0.25) is 4.79 Å². The maximum absolute atomic E-state index is 11.8. The Morgan fingerprint density at radius 2 is 2.00 bits per heavy atom. The van der Waals surface area contributed by atoms with Crippen molar-refractivity contribution in [3.05, 3.63) is 11.6 Å². The van der Waals surface area contributed by atoms with Gasteiger partial charge in [0.25, 0.3) is 0 Å². The smallest absolute Gasteiger partial charge is 0.155 e. The van der Waals surface area contributed by atoms with Crippen molar-refractivity contribution >= 4 is 5.78 Å². The molecule has 0 saturated heterocycles. The van der Waals surface area contributed by atoms with Crippen molar-refractivity contribution in [2.45, 2.75) is 65.7 Å². The molecule has 0 aromatic rings. The minimum absolute atomic E-state index is 0.112. The lowest BCUT2D eigenvalue weighted by Crippen LogP contribution is -2.52. The molecule has 7 atom stereocenters. The topological polar surface area (TPSA) is 37.3 Å². The zero-order valence-electron chi connectivity index (χ0n) is 15.0.